The molecule has 2 aliphatic heterocycles. The van der Waals surface area contributed by atoms with Crippen molar-refractivity contribution >= 4 is 11.6 Å². The van der Waals surface area contributed by atoms with Gasteiger partial charge in [0, 0.05) is 51.5 Å². The zero-order valence-corrected chi connectivity index (χ0v) is 13.0. The van der Waals surface area contributed by atoms with E-state index >= 15 is 0 Å². The number of nitro benzene ring substituents is 1. The van der Waals surface area contributed by atoms with E-state index in [4.69, 9.17) is 4.74 Å². The van der Waals surface area contributed by atoms with Gasteiger partial charge in [0.15, 0.2) is 0 Å². The SMILES string of the molecule is O=C(C1CCCO1)N1CCN(Cc2cccc([N+](=O)[O-])c2)CC1. The average Bonchev–Trinajstić information content (AvgIpc) is 3.09. The summed E-state index contributed by atoms with van der Waals surface area (Å²) in [5.74, 6) is 0.109. The molecule has 0 radical (unpaired) electrons. The predicted molar refractivity (Wildman–Crippen MR) is 83.9 cm³/mol. The summed E-state index contributed by atoms with van der Waals surface area (Å²) in [7, 11) is 0. The van der Waals surface area contributed by atoms with Crippen molar-refractivity contribution < 1.29 is 14.5 Å². The van der Waals surface area contributed by atoms with Crippen molar-refractivity contribution in [2.75, 3.05) is 32.8 Å². The molecule has 1 amide bonds. The molecule has 0 bridgehead atoms. The van der Waals surface area contributed by atoms with Gasteiger partial charge in [-0.1, -0.05) is 12.1 Å². The zero-order chi connectivity index (χ0) is 16.2. The van der Waals surface area contributed by atoms with E-state index in [2.05, 4.69) is 4.90 Å². The molecule has 2 saturated heterocycles. The third-order valence-electron chi connectivity index (χ3n) is 4.42. The molecule has 7 heteroatoms. The number of carbonyl (C=O) groups excluding carboxylic acids is 1. The minimum Gasteiger partial charge on any atom is -0.368 e. The first kappa shape index (κ1) is 15.9. The number of hydrogen-bond acceptors (Lipinski definition) is 5. The number of amides is 1. The number of piperazine rings is 1. The molecular weight excluding hydrogens is 298 g/mol. The van der Waals surface area contributed by atoms with E-state index in [0.29, 0.717) is 26.2 Å². The Bertz CT molecular complexity index is 578. The van der Waals surface area contributed by atoms with Crippen LogP contribution in [0.15, 0.2) is 24.3 Å². The summed E-state index contributed by atoms with van der Waals surface area (Å²) in [6.07, 6.45) is 1.54. The van der Waals surface area contributed by atoms with Gasteiger partial charge in [-0.15, -0.1) is 0 Å². The summed E-state index contributed by atoms with van der Waals surface area (Å²) >= 11 is 0. The first-order valence-electron chi connectivity index (χ1n) is 7.99. The smallest absolute Gasteiger partial charge is 0.269 e. The average molecular weight is 319 g/mol. The first-order chi connectivity index (χ1) is 11.1. The lowest BCUT2D eigenvalue weighted by molar-refractivity contribution is -0.384. The van der Waals surface area contributed by atoms with E-state index in [1.165, 1.54) is 6.07 Å². The standard InChI is InChI=1S/C16H21N3O4/c20-16(15-5-2-10-23-15)18-8-6-17(7-9-18)12-13-3-1-4-14(11-13)19(21)22/h1,3-4,11,15H,2,5-10,12H2. The van der Waals surface area contributed by atoms with Crippen LogP contribution < -0.4 is 0 Å². The lowest BCUT2D eigenvalue weighted by Gasteiger charge is -2.35. The Morgan fingerprint density at radius 1 is 1.30 bits per heavy atom. The van der Waals surface area contributed by atoms with Crippen molar-refractivity contribution in [3.63, 3.8) is 0 Å². The summed E-state index contributed by atoms with van der Waals surface area (Å²) in [5, 5.41) is 10.8. The molecule has 2 heterocycles. The highest BCUT2D eigenvalue weighted by Crippen LogP contribution is 2.18. The van der Waals surface area contributed by atoms with Crippen LogP contribution in [0.1, 0.15) is 18.4 Å². The maximum Gasteiger partial charge on any atom is 0.269 e. The normalized spacial score (nSPS) is 22.3. The second kappa shape index (κ2) is 7.06. The van der Waals surface area contributed by atoms with Gasteiger partial charge >= 0.3 is 0 Å². The maximum atomic E-state index is 12.3. The number of benzene rings is 1. The van der Waals surface area contributed by atoms with E-state index in [0.717, 1.165) is 31.5 Å². The van der Waals surface area contributed by atoms with E-state index in [1.54, 1.807) is 12.1 Å². The predicted octanol–water partition coefficient (Wildman–Crippen LogP) is 1.42. The number of nitro groups is 1. The van der Waals surface area contributed by atoms with Crippen LogP contribution in [0.3, 0.4) is 0 Å². The van der Waals surface area contributed by atoms with E-state index in [9.17, 15) is 14.9 Å². The van der Waals surface area contributed by atoms with Crippen molar-refractivity contribution in [2.24, 2.45) is 0 Å². The third kappa shape index (κ3) is 3.86. The summed E-state index contributed by atoms with van der Waals surface area (Å²) in [6, 6.07) is 6.73. The largest absolute Gasteiger partial charge is 0.368 e. The summed E-state index contributed by atoms with van der Waals surface area (Å²) < 4.78 is 5.46. The number of ether oxygens (including phenoxy) is 1. The van der Waals surface area contributed by atoms with Crippen LogP contribution >= 0.6 is 0 Å². The molecule has 1 atom stereocenters. The van der Waals surface area contributed by atoms with Crippen LogP contribution in [0.4, 0.5) is 5.69 Å². The monoisotopic (exact) mass is 319 g/mol. The Labute approximate surface area is 135 Å². The van der Waals surface area contributed by atoms with Crippen LogP contribution in [0.5, 0.6) is 0 Å². The molecule has 0 saturated carbocycles. The first-order valence-corrected chi connectivity index (χ1v) is 7.99. The molecule has 124 valence electrons. The topological polar surface area (TPSA) is 75.9 Å². The highest BCUT2D eigenvalue weighted by atomic mass is 16.6. The van der Waals surface area contributed by atoms with Crippen LogP contribution in [0.25, 0.3) is 0 Å². The van der Waals surface area contributed by atoms with Crippen molar-refractivity contribution in [3.8, 4) is 0 Å². The Hall–Kier alpha value is -1.99. The van der Waals surface area contributed by atoms with Gasteiger partial charge in [0.2, 0.25) is 0 Å². The molecule has 2 fully saturated rings. The van der Waals surface area contributed by atoms with Crippen LogP contribution in [0, 0.1) is 10.1 Å². The van der Waals surface area contributed by atoms with Crippen LogP contribution in [-0.4, -0.2) is 59.5 Å². The van der Waals surface area contributed by atoms with Gasteiger partial charge in [0.1, 0.15) is 6.10 Å². The van der Waals surface area contributed by atoms with Crippen LogP contribution in [-0.2, 0) is 16.1 Å². The van der Waals surface area contributed by atoms with Gasteiger partial charge in [-0.3, -0.25) is 19.8 Å². The molecule has 1 aromatic rings. The van der Waals surface area contributed by atoms with E-state index in [-0.39, 0.29) is 22.6 Å². The molecule has 0 N–H and O–H groups in total. The van der Waals surface area contributed by atoms with Gasteiger partial charge < -0.3 is 9.64 Å². The number of nitrogens with zero attached hydrogens (tertiary/aromatic N) is 3. The Balaban J connectivity index is 1.52. The minimum absolute atomic E-state index is 0.109. The molecular formula is C16H21N3O4. The second-order valence-electron chi connectivity index (χ2n) is 6.03. The molecule has 2 aliphatic rings. The lowest BCUT2D eigenvalue weighted by atomic mass is 10.1. The van der Waals surface area contributed by atoms with Gasteiger partial charge in [0.05, 0.1) is 4.92 Å². The number of hydrogen-bond donors (Lipinski definition) is 0. The fourth-order valence-electron chi connectivity index (χ4n) is 3.13. The zero-order valence-electron chi connectivity index (χ0n) is 13.0. The number of non-ortho nitro benzene ring substituents is 1. The fraction of sp³-hybridized carbons (Fsp3) is 0.562. The molecule has 0 spiro atoms. The molecule has 0 aromatic heterocycles. The van der Waals surface area contributed by atoms with Crippen molar-refractivity contribution in [2.45, 2.75) is 25.5 Å². The molecule has 1 aromatic carbocycles. The highest BCUT2D eigenvalue weighted by molar-refractivity contribution is 5.81. The Morgan fingerprint density at radius 3 is 2.74 bits per heavy atom. The van der Waals surface area contributed by atoms with Crippen molar-refractivity contribution in [1.29, 1.82) is 0 Å². The van der Waals surface area contributed by atoms with Crippen LogP contribution in [0.2, 0.25) is 0 Å². The quantitative estimate of drug-likeness (QED) is 0.620. The molecule has 3 rings (SSSR count). The van der Waals surface area contributed by atoms with Gasteiger partial charge in [-0.25, -0.2) is 0 Å². The molecule has 1 unspecified atom stereocenters. The molecule has 7 nitrogen and oxygen atoms in total. The number of rotatable bonds is 4. The summed E-state index contributed by atoms with van der Waals surface area (Å²) in [6.45, 7) is 4.29. The fourth-order valence-corrected chi connectivity index (χ4v) is 3.13. The van der Waals surface area contributed by atoms with E-state index in [1.807, 2.05) is 11.0 Å². The second-order valence-corrected chi connectivity index (χ2v) is 6.03. The van der Waals surface area contributed by atoms with Crippen molar-refractivity contribution in [3.05, 3.63) is 39.9 Å². The molecule has 0 aliphatic carbocycles. The summed E-state index contributed by atoms with van der Waals surface area (Å²) in [5.41, 5.74) is 1.05. The van der Waals surface area contributed by atoms with Crippen molar-refractivity contribution in [1.82, 2.24) is 9.80 Å². The Kier molecular flexibility index (Phi) is 4.88. The Morgan fingerprint density at radius 2 is 2.09 bits per heavy atom. The minimum atomic E-state index is -0.373. The number of carbonyl (C=O) groups is 1. The van der Waals surface area contributed by atoms with Gasteiger partial charge in [-0.2, -0.15) is 0 Å². The lowest BCUT2D eigenvalue weighted by Crippen LogP contribution is -2.51. The highest BCUT2D eigenvalue weighted by Gasteiger charge is 2.30. The molecule has 23 heavy (non-hydrogen) atoms. The summed E-state index contributed by atoms with van der Waals surface area (Å²) in [4.78, 5) is 26.8. The third-order valence-corrected chi connectivity index (χ3v) is 4.42. The van der Waals surface area contributed by atoms with Gasteiger partial charge in [0.25, 0.3) is 11.6 Å². The van der Waals surface area contributed by atoms with E-state index < -0.39 is 0 Å². The van der Waals surface area contributed by atoms with Gasteiger partial charge in [-0.05, 0) is 18.4 Å². The maximum absolute atomic E-state index is 12.3.